The number of hydrogen-bond donors (Lipinski definition) is 2. The maximum Gasteiger partial charge on any atom is 0.236 e. The quantitative estimate of drug-likeness (QED) is 0.630. The van der Waals surface area contributed by atoms with Crippen LogP contribution in [0.4, 0.5) is 0 Å². The Bertz CT molecular complexity index is 930. The van der Waals surface area contributed by atoms with Gasteiger partial charge >= 0.3 is 0 Å². The Morgan fingerprint density at radius 1 is 1.06 bits per heavy atom. The molecule has 0 saturated heterocycles. The Balaban J connectivity index is 0.00000385. The second kappa shape index (κ2) is 9.99. The predicted molar refractivity (Wildman–Crippen MR) is 131 cm³/mol. The highest BCUT2D eigenvalue weighted by Crippen LogP contribution is 2.33. The molecule has 2 aromatic carbocycles. The summed E-state index contributed by atoms with van der Waals surface area (Å²) in [5.74, 6) is -1.66. The van der Waals surface area contributed by atoms with Gasteiger partial charge in [-0.3, -0.25) is 10.1 Å². The van der Waals surface area contributed by atoms with E-state index in [1.165, 1.54) is 34.8 Å². The topological polar surface area (TPSA) is 61.8 Å². The molecular formula is C27H38N2O3. The van der Waals surface area contributed by atoms with E-state index in [9.17, 15) is 9.90 Å². The Kier molecular flexibility index (Phi) is 7.55. The lowest BCUT2D eigenvalue weighted by atomic mass is 9.93. The van der Waals surface area contributed by atoms with E-state index in [-0.39, 0.29) is 13.9 Å². The molecule has 3 rings (SSSR count). The van der Waals surface area contributed by atoms with Gasteiger partial charge in [0.2, 0.25) is 11.8 Å². The molecular weight excluding hydrogens is 400 g/mol. The van der Waals surface area contributed by atoms with Crippen molar-refractivity contribution in [1.29, 1.82) is 0 Å². The van der Waals surface area contributed by atoms with E-state index in [1.54, 1.807) is 11.9 Å². The van der Waals surface area contributed by atoms with Crippen LogP contribution in [0, 0.1) is 0 Å². The van der Waals surface area contributed by atoms with Crippen molar-refractivity contribution in [3.05, 3.63) is 76.9 Å². The standard InChI is InChI=1S/C27H36N2O3.H2/c1-26(2,3)32-27(4,31)28-19-25(30)29(5)18-10-15-24-22-13-8-6-11-20(22)16-17-21-12-7-9-14-23(21)24;/h6-9,11-15,28,31H,10,16-19H2,1-5H3;1H. The normalized spacial score (nSPS) is 15.2. The fourth-order valence-electron chi connectivity index (χ4n) is 4.17. The van der Waals surface area contributed by atoms with E-state index >= 15 is 0 Å². The third kappa shape index (κ3) is 6.52. The van der Waals surface area contributed by atoms with Gasteiger partial charge in [-0.15, -0.1) is 0 Å². The van der Waals surface area contributed by atoms with Crippen molar-refractivity contribution in [3.63, 3.8) is 0 Å². The second-order valence-electron chi connectivity index (χ2n) is 9.59. The summed E-state index contributed by atoms with van der Waals surface area (Å²) in [5, 5.41) is 13.1. The maximum atomic E-state index is 12.6. The molecule has 5 heteroatoms. The zero-order chi connectivity index (χ0) is 23.4. The largest absolute Gasteiger partial charge is 0.353 e. The second-order valence-corrected chi connectivity index (χ2v) is 9.59. The molecule has 5 nitrogen and oxygen atoms in total. The fraction of sp³-hybridized carbons (Fsp3) is 0.444. The number of carbonyl (C=O) groups excluding carboxylic acids is 1. The molecule has 0 heterocycles. The summed E-state index contributed by atoms with van der Waals surface area (Å²) < 4.78 is 5.56. The van der Waals surface area contributed by atoms with Gasteiger partial charge in [-0.1, -0.05) is 54.6 Å². The highest BCUT2D eigenvalue weighted by atomic mass is 16.7. The van der Waals surface area contributed by atoms with E-state index in [4.69, 9.17) is 4.74 Å². The number of likely N-dealkylation sites (N-methyl/N-ethyl adjacent to an activating group) is 1. The number of benzene rings is 2. The molecule has 0 aliphatic heterocycles. The lowest BCUT2D eigenvalue weighted by molar-refractivity contribution is -0.258. The minimum atomic E-state index is -1.56. The number of carbonyl (C=O) groups is 1. The van der Waals surface area contributed by atoms with E-state index in [0.717, 1.165) is 19.3 Å². The molecule has 1 amide bonds. The monoisotopic (exact) mass is 438 g/mol. The maximum absolute atomic E-state index is 12.6. The number of ether oxygens (including phenoxy) is 1. The predicted octanol–water partition coefficient (Wildman–Crippen LogP) is 4.38. The molecule has 0 saturated carbocycles. The van der Waals surface area contributed by atoms with Gasteiger partial charge in [0.05, 0.1) is 12.1 Å². The van der Waals surface area contributed by atoms with Crippen molar-refractivity contribution in [2.24, 2.45) is 0 Å². The first kappa shape index (κ1) is 24.2. The van der Waals surface area contributed by atoms with Crippen LogP contribution < -0.4 is 5.32 Å². The van der Waals surface area contributed by atoms with Gasteiger partial charge in [-0.25, -0.2) is 0 Å². The summed E-state index contributed by atoms with van der Waals surface area (Å²) in [4.78, 5) is 14.3. The van der Waals surface area contributed by atoms with Crippen molar-refractivity contribution in [1.82, 2.24) is 10.2 Å². The smallest absolute Gasteiger partial charge is 0.236 e. The first-order chi connectivity index (χ1) is 15.1. The van der Waals surface area contributed by atoms with E-state index in [2.05, 4.69) is 59.9 Å². The number of rotatable bonds is 7. The first-order valence-electron chi connectivity index (χ1n) is 11.3. The van der Waals surface area contributed by atoms with Gasteiger partial charge in [0.25, 0.3) is 0 Å². The highest BCUT2D eigenvalue weighted by molar-refractivity contribution is 5.84. The molecule has 32 heavy (non-hydrogen) atoms. The van der Waals surface area contributed by atoms with E-state index in [0.29, 0.717) is 6.54 Å². The van der Waals surface area contributed by atoms with Crippen LogP contribution in [-0.4, -0.2) is 47.6 Å². The molecule has 0 aromatic heterocycles. The summed E-state index contributed by atoms with van der Waals surface area (Å²) in [6.07, 6.45) is 5.06. The Morgan fingerprint density at radius 2 is 1.59 bits per heavy atom. The van der Waals surface area contributed by atoms with Gasteiger partial charge in [-0.05, 0) is 67.9 Å². The molecule has 0 radical (unpaired) electrons. The van der Waals surface area contributed by atoms with Crippen molar-refractivity contribution < 1.29 is 16.1 Å². The molecule has 0 bridgehead atoms. The fourth-order valence-corrected chi connectivity index (χ4v) is 4.17. The van der Waals surface area contributed by atoms with E-state index in [1.807, 2.05) is 20.8 Å². The summed E-state index contributed by atoms with van der Waals surface area (Å²) in [6, 6.07) is 17.2. The molecule has 0 spiro atoms. The Labute approximate surface area is 193 Å². The van der Waals surface area contributed by atoms with Gasteiger partial charge in [-0.2, -0.15) is 0 Å². The van der Waals surface area contributed by atoms with Crippen LogP contribution in [0.25, 0.3) is 5.57 Å². The van der Waals surface area contributed by atoms with Crippen molar-refractivity contribution >= 4 is 11.5 Å². The number of aliphatic hydroxyl groups is 1. The molecule has 2 N–H and O–H groups in total. The number of nitrogens with zero attached hydrogens (tertiary/aromatic N) is 1. The van der Waals surface area contributed by atoms with Crippen LogP contribution in [0.2, 0.25) is 0 Å². The third-order valence-corrected chi connectivity index (χ3v) is 5.59. The average Bonchev–Trinajstić information content (AvgIpc) is 2.88. The molecule has 1 atom stereocenters. The lowest BCUT2D eigenvalue weighted by Crippen LogP contribution is -2.52. The molecule has 1 aliphatic rings. The van der Waals surface area contributed by atoms with Crippen LogP contribution in [0.3, 0.4) is 0 Å². The number of nitrogens with one attached hydrogen (secondary N) is 1. The number of aryl methyl sites for hydroxylation is 2. The average molecular weight is 439 g/mol. The van der Waals surface area contributed by atoms with Gasteiger partial charge in [0.1, 0.15) is 0 Å². The van der Waals surface area contributed by atoms with Gasteiger partial charge in [0.15, 0.2) is 0 Å². The van der Waals surface area contributed by atoms with Crippen molar-refractivity contribution in [3.8, 4) is 0 Å². The zero-order valence-electron chi connectivity index (χ0n) is 19.9. The molecule has 1 aliphatic carbocycles. The van der Waals surface area contributed by atoms with Crippen LogP contribution in [0.1, 0.15) is 57.8 Å². The van der Waals surface area contributed by atoms with Gasteiger partial charge in [0, 0.05) is 21.9 Å². The SMILES string of the molecule is CN(CCC=C1c2ccccc2CCc2ccccc21)C(=O)CNC(C)(O)OC(C)(C)C.[HH]. The number of hydrogen-bond acceptors (Lipinski definition) is 4. The minimum absolute atomic E-state index is 0. The van der Waals surface area contributed by atoms with Gasteiger partial charge < -0.3 is 14.7 Å². The van der Waals surface area contributed by atoms with Crippen LogP contribution in [-0.2, 0) is 22.4 Å². The number of amides is 1. The molecule has 174 valence electrons. The lowest BCUT2D eigenvalue weighted by Gasteiger charge is -2.33. The van der Waals surface area contributed by atoms with E-state index < -0.39 is 11.5 Å². The zero-order valence-corrected chi connectivity index (χ0v) is 19.9. The van der Waals surface area contributed by atoms with Crippen LogP contribution >= 0.6 is 0 Å². The summed E-state index contributed by atoms with van der Waals surface area (Å²) >= 11 is 0. The van der Waals surface area contributed by atoms with Crippen molar-refractivity contribution in [2.75, 3.05) is 20.1 Å². The van der Waals surface area contributed by atoms with Crippen LogP contribution in [0.5, 0.6) is 0 Å². The summed E-state index contributed by atoms with van der Waals surface area (Å²) in [7, 11) is 1.79. The molecule has 2 aromatic rings. The molecule has 1 unspecified atom stereocenters. The third-order valence-electron chi connectivity index (χ3n) is 5.59. The Hall–Kier alpha value is -2.47. The first-order valence-corrected chi connectivity index (χ1v) is 11.3. The molecule has 0 fully saturated rings. The summed E-state index contributed by atoms with van der Waals surface area (Å²) in [5.41, 5.74) is 6.01. The highest BCUT2D eigenvalue weighted by Gasteiger charge is 2.28. The van der Waals surface area contributed by atoms with Crippen molar-refractivity contribution in [2.45, 2.75) is 58.5 Å². The van der Waals surface area contributed by atoms with Crippen LogP contribution in [0.15, 0.2) is 54.6 Å². The minimum Gasteiger partial charge on any atom is -0.353 e. The number of fused-ring (bicyclic) bond motifs is 2. The summed E-state index contributed by atoms with van der Waals surface area (Å²) in [6.45, 7) is 7.67. The Morgan fingerprint density at radius 3 is 2.12 bits per heavy atom.